The van der Waals surface area contributed by atoms with Crippen molar-refractivity contribution >= 4 is 38.9 Å². The molecule has 2 rings (SSSR count). The molecule has 5 heteroatoms. The molecule has 0 amide bonds. The van der Waals surface area contributed by atoms with E-state index in [-0.39, 0.29) is 0 Å². The van der Waals surface area contributed by atoms with Gasteiger partial charge in [0.15, 0.2) is 0 Å². The van der Waals surface area contributed by atoms with Gasteiger partial charge in [-0.25, -0.2) is 4.98 Å². The minimum absolute atomic E-state index is 0.300. The van der Waals surface area contributed by atoms with Crippen LogP contribution >= 0.6 is 38.9 Å². The predicted molar refractivity (Wildman–Crippen MR) is 86.0 cm³/mol. The second-order valence-electron chi connectivity index (χ2n) is 4.52. The van der Waals surface area contributed by atoms with E-state index in [0.717, 1.165) is 26.7 Å². The third-order valence-corrected chi connectivity index (χ3v) is 5.18. The molecule has 0 saturated heterocycles. The number of nitrogens with zero attached hydrogens (tertiary/aromatic N) is 1. The summed E-state index contributed by atoms with van der Waals surface area (Å²) in [6, 6.07) is 6.17. The third kappa shape index (κ3) is 3.78. The summed E-state index contributed by atoms with van der Waals surface area (Å²) in [4.78, 5) is 5.78. The SMILES string of the molecule is Cc1nc(C)c(C(C)NCc2ccc(Cl)cc2Br)s1. The van der Waals surface area contributed by atoms with Gasteiger partial charge in [0.2, 0.25) is 0 Å². The molecular weight excluding hydrogens is 344 g/mol. The fourth-order valence-corrected chi connectivity index (χ4v) is 3.75. The molecule has 1 unspecified atom stereocenters. The van der Waals surface area contributed by atoms with E-state index >= 15 is 0 Å². The maximum Gasteiger partial charge on any atom is 0.0900 e. The number of hydrogen-bond donors (Lipinski definition) is 1. The van der Waals surface area contributed by atoms with Gasteiger partial charge in [0.1, 0.15) is 0 Å². The molecule has 2 aromatic rings. The molecule has 0 bridgehead atoms. The van der Waals surface area contributed by atoms with Gasteiger partial charge in [-0.15, -0.1) is 11.3 Å². The summed E-state index contributed by atoms with van der Waals surface area (Å²) in [6.45, 7) is 7.08. The zero-order valence-electron chi connectivity index (χ0n) is 11.1. The van der Waals surface area contributed by atoms with Gasteiger partial charge in [-0.3, -0.25) is 0 Å². The summed E-state index contributed by atoms with van der Waals surface area (Å²) in [6.07, 6.45) is 0. The molecule has 1 aromatic heterocycles. The third-order valence-electron chi connectivity index (χ3n) is 2.95. The van der Waals surface area contributed by atoms with Crippen LogP contribution in [0.5, 0.6) is 0 Å². The molecule has 0 spiro atoms. The summed E-state index contributed by atoms with van der Waals surface area (Å²) in [7, 11) is 0. The Hall–Kier alpha value is -0.420. The number of aryl methyl sites for hydroxylation is 2. The molecule has 0 aliphatic carbocycles. The van der Waals surface area contributed by atoms with E-state index in [4.69, 9.17) is 11.6 Å². The smallest absolute Gasteiger partial charge is 0.0900 e. The second-order valence-corrected chi connectivity index (χ2v) is 7.05. The first-order valence-corrected chi connectivity index (χ1v) is 8.07. The van der Waals surface area contributed by atoms with Crippen LogP contribution in [0.2, 0.25) is 5.02 Å². The number of aromatic nitrogens is 1. The summed E-state index contributed by atoms with van der Waals surface area (Å²) < 4.78 is 1.04. The molecule has 1 N–H and O–H groups in total. The summed E-state index contributed by atoms with van der Waals surface area (Å²) in [5.41, 5.74) is 2.33. The van der Waals surface area contributed by atoms with Gasteiger partial charge in [-0.2, -0.15) is 0 Å². The quantitative estimate of drug-likeness (QED) is 0.828. The van der Waals surface area contributed by atoms with Crippen molar-refractivity contribution in [1.29, 1.82) is 0 Å². The van der Waals surface area contributed by atoms with E-state index in [9.17, 15) is 0 Å². The van der Waals surface area contributed by atoms with E-state index in [1.165, 1.54) is 10.4 Å². The number of hydrogen-bond acceptors (Lipinski definition) is 3. The molecule has 1 atom stereocenters. The zero-order chi connectivity index (χ0) is 14.0. The van der Waals surface area contributed by atoms with E-state index in [0.29, 0.717) is 6.04 Å². The van der Waals surface area contributed by atoms with Crippen molar-refractivity contribution in [1.82, 2.24) is 10.3 Å². The standard InChI is InChI=1S/C14H16BrClN2S/c1-8(14-9(2)18-10(3)19-14)17-7-11-4-5-12(16)6-13(11)15/h4-6,8,17H,7H2,1-3H3. The van der Waals surface area contributed by atoms with Gasteiger partial charge < -0.3 is 5.32 Å². The molecule has 0 fully saturated rings. The lowest BCUT2D eigenvalue weighted by Gasteiger charge is -2.14. The fraction of sp³-hybridized carbons (Fsp3) is 0.357. The van der Waals surface area contributed by atoms with E-state index in [2.05, 4.69) is 40.1 Å². The number of nitrogens with one attached hydrogen (secondary N) is 1. The minimum Gasteiger partial charge on any atom is -0.305 e. The zero-order valence-corrected chi connectivity index (χ0v) is 14.3. The van der Waals surface area contributed by atoms with Crippen LogP contribution < -0.4 is 5.32 Å². The Kier molecular flexibility index (Phi) is 5.01. The number of halogens is 2. The lowest BCUT2D eigenvalue weighted by Crippen LogP contribution is -2.18. The minimum atomic E-state index is 0.300. The lowest BCUT2D eigenvalue weighted by atomic mass is 10.2. The highest BCUT2D eigenvalue weighted by Gasteiger charge is 2.12. The highest BCUT2D eigenvalue weighted by Crippen LogP contribution is 2.26. The van der Waals surface area contributed by atoms with Crippen LogP contribution in [-0.2, 0) is 6.54 Å². The second kappa shape index (κ2) is 6.35. The molecule has 1 heterocycles. The molecule has 102 valence electrons. The van der Waals surface area contributed by atoms with Crippen LogP contribution in [0.15, 0.2) is 22.7 Å². The maximum atomic E-state index is 5.94. The van der Waals surface area contributed by atoms with Crippen molar-refractivity contribution in [2.24, 2.45) is 0 Å². The molecule has 19 heavy (non-hydrogen) atoms. The fourth-order valence-electron chi connectivity index (χ4n) is 1.97. The molecular formula is C14H16BrClN2S. The normalized spacial score (nSPS) is 12.7. The predicted octanol–water partition coefficient (Wildman–Crippen LogP) is 5.03. The Bertz CT molecular complexity index is 583. The highest BCUT2D eigenvalue weighted by atomic mass is 79.9. The van der Waals surface area contributed by atoms with Crippen molar-refractivity contribution in [3.8, 4) is 0 Å². The van der Waals surface area contributed by atoms with Gasteiger partial charge >= 0.3 is 0 Å². The van der Waals surface area contributed by atoms with Gasteiger partial charge in [0.05, 0.1) is 10.7 Å². The van der Waals surface area contributed by atoms with Gasteiger partial charge in [0.25, 0.3) is 0 Å². The molecule has 0 aliphatic heterocycles. The number of benzene rings is 1. The van der Waals surface area contributed by atoms with Crippen molar-refractivity contribution in [2.75, 3.05) is 0 Å². The van der Waals surface area contributed by atoms with Crippen LogP contribution in [0.3, 0.4) is 0 Å². The van der Waals surface area contributed by atoms with E-state index in [1.807, 2.05) is 25.1 Å². The monoisotopic (exact) mass is 358 g/mol. The number of rotatable bonds is 4. The summed E-state index contributed by atoms with van der Waals surface area (Å²) in [5, 5.41) is 5.39. The molecule has 0 aliphatic rings. The van der Waals surface area contributed by atoms with Crippen LogP contribution in [0.1, 0.15) is 34.1 Å². The van der Waals surface area contributed by atoms with Crippen molar-refractivity contribution < 1.29 is 0 Å². The first-order valence-electron chi connectivity index (χ1n) is 6.08. The van der Waals surface area contributed by atoms with Gasteiger partial charge in [-0.05, 0) is 38.5 Å². The van der Waals surface area contributed by atoms with E-state index in [1.54, 1.807) is 11.3 Å². The Labute approximate surface area is 131 Å². The van der Waals surface area contributed by atoms with Crippen LogP contribution in [-0.4, -0.2) is 4.98 Å². The van der Waals surface area contributed by atoms with Crippen LogP contribution in [0.4, 0.5) is 0 Å². The topological polar surface area (TPSA) is 24.9 Å². The van der Waals surface area contributed by atoms with Gasteiger partial charge in [0, 0.05) is 27.0 Å². The first kappa shape index (κ1) is 15.0. The van der Waals surface area contributed by atoms with Gasteiger partial charge in [-0.1, -0.05) is 33.6 Å². The molecule has 1 aromatic carbocycles. The average Bonchev–Trinajstić information content (AvgIpc) is 2.67. The molecule has 2 nitrogen and oxygen atoms in total. The highest BCUT2D eigenvalue weighted by molar-refractivity contribution is 9.10. The molecule has 0 saturated carbocycles. The first-order chi connectivity index (χ1) is 8.97. The largest absolute Gasteiger partial charge is 0.305 e. The average molecular weight is 360 g/mol. The number of thiazole rings is 1. The summed E-state index contributed by atoms with van der Waals surface area (Å²) >= 11 is 11.2. The van der Waals surface area contributed by atoms with Crippen LogP contribution in [0.25, 0.3) is 0 Å². The van der Waals surface area contributed by atoms with Crippen molar-refractivity contribution in [2.45, 2.75) is 33.4 Å². The molecule has 0 radical (unpaired) electrons. The Morgan fingerprint density at radius 1 is 1.42 bits per heavy atom. The van der Waals surface area contributed by atoms with Crippen molar-refractivity contribution in [3.05, 3.63) is 48.8 Å². The maximum absolute atomic E-state index is 5.94. The van der Waals surface area contributed by atoms with E-state index < -0.39 is 0 Å². The Morgan fingerprint density at radius 3 is 2.74 bits per heavy atom. The lowest BCUT2D eigenvalue weighted by molar-refractivity contribution is 0.578. The summed E-state index contributed by atoms with van der Waals surface area (Å²) in [5.74, 6) is 0. The Morgan fingerprint density at radius 2 is 2.16 bits per heavy atom. The Balaban J connectivity index is 2.04. The van der Waals surface area contributed by atoms with Crippen molar-refractivity contribution in [3.63, 3.8) is 0 Å². The van der Waals surface area contributed by atoms with Crippen LogP contribution in [0, 0.1) is 13.8 Å².